The SMILES string of the molecule is CC.CC1CC(C)(C)NCCN1. The fourth-order valence-corrected chi connectivity index (χ4v) is 1.63. The van der Waals surface area contributed by atoms with Gasteiger partial charge in [-0.25, -0.2) is 0 Å². The van der Waals surface area contributed by atoms with Crippen molar-refractivity contribution in [3.63, 3.8) is 0 Å². The monoisotopic (exact) mass is 172 g/mol. The van der Waals surface area contributed by atoms with E-state index in [-0.39, 0.29) is 0 Å². The molecule has 0 aliphatic carbocycles. The molecule has 0 aromatic heterocycles. The number of hydrogen-bond donors (Lipinski definition) is 2. The Morgan fingerprint density at radius 1 is 1.17 bits per heavy atom. The van der Waals surface area contributed by atoms with Gasteiger partial charge in [0.25, 0.3) is 0 Å². The molecule has 1 saturated heterocycles. The second-order valence-corrected chi connectivity index (χ2v) is 3.87. The number of nitrogens with one attached hydrogen (secondary N) is 2. The van der Waals surface area contributed by atoms with Crippen molar-refractivity contribution in [2.75, 3.05) is 13.1 Å². The molecule has 2 heteroatoms. The Balaban J connectivity index is 0.000000561. The lowest BCUT2D eigenvalue weighted by atomic mass is 9.97. The minimum absolute atomic E-state index is 0.322. The first kappa shape index (κ1) is 11.9. The molecule has 2 N–H and O–H groups in total. The van der Waals surface area contributed by atoms with E-state index >= 15 is 0 Å². The molecule has 1 aliphatic rings. The summed E-state index contributed by atoms with van der Waals surface area (Å²) in [7, 11) is 0. The van der Waals surface area contributed by atoms with Gasteiger partial charge < -0.3 is 10.6 Å². The van der Waals surface area contributed by atoms with Crippen LogP contribution in [-0.4, -0.2) is 24.7 Å². The van der Waals surface area contributed by atoms with Crippen LogP contribution in [0.25, 0.3) is 0 Å². The highest BCUT2D eigenvalue weighted by Gasteiger charge is 2.22. The van der Waals surface area contributed by atoms with Gasteiger partial charge in [0.2, 0.25) is 0 Å². The van der Waals surface area contributed by atoms with Gasteiger partial charge >= 0.3 is 0 Å². The Kier molecular flexibility index (Phi) is 5.51. The van der Waals surface area contributed by atoms with Crippen molar-refractivity contribution in [2.45, 2.75) is 52.6 Å². The third-order valence-electron chi connectivity index (χ3n) is 2.04. The zero-order valence-electron chi connectivity index (χ0n) is 9.20. The molecule has 1 fully saturated rings. The predicted octanol–water partition coefficient (Wildman–Crippen LogP) is 1.76. The fourth-order valence-electron chi connectivity index (χ4n) is 1.63. The zero-order valence-corrected chi connectivity index (χ0v) is 9.20. The molecule has 1 heterocycles. The van der Waals surface area contributed by atoms with Gasteiger partial charge in [-0.1, -0.05) is 13.8 Å². The van der Waals surface area contributed by atoms with E-state index in [1.54, 1.807) is 0 Å². The van der Waals surface area contributed by atoms with Crippen LogP contribution < -0.4 is 10.6 Å². The summed E-state index contributed by atoms with van der Waals surface area (Å²) in [5.74, 6) is 0. The summed E-state index contributed by atoms with van der Waals surface area (Å²) in [5.41, 5.74) is 0.322. The second kappa shape index (κ2) is 5.55. The van der Waals surface area contributed by atoms with Gasteiger partial charge in [0, 0.05) is 24.7 Å². The molecule has 0 spiro atoms. The minimum Gasteiger partial charge on any atom is -0.313 e. The van der Waals surface area contributed by atoms with Crippen LogP contribution in [0.3, 0.4) is 0 Å². The third-order valence-corrected chi connectivity index (χ3v) is 2.04. The average molecular weight is 172 g/mol. The van der Waals surface area contributed by atoms with Gasteiger partial charge in [-0.2, -0.15) is 0 Å². The van der Waals surface area contributed by atoms with Gasteiger partial charge in [0.15, 0.2) is 0 Å². The maximum Gasteiger partial charge on any atom is 0.0140 e. The summed E-state index contributed by atoms with van der Waals surface area (Å²) >= 11 is 0. The first-order valence-electron chi connectivity index (χ1n) is 5.08. The smallest absolute Gasteiger partial charge is 0.0140 e. The maximum atomic E-state index is 3.49. The fraction of sp³-hybridized carbons (Fsp3) is 1.00. The van der Waals surface area contributed by atoms with Crippen molar-refractivity contribution in [1.82, 2.24) is 10.6 Å². The van der Waals surface area contributed by atoms with Crippen LogP contribution in [0.1, 0.15) is 41.0 Å². The van der Waals surface area contributed by atoms with Gasteiger partial charge in [-0.15, -0.1) is 0 Å². The van der Waals surface area contributed by atoms with E-state index in [2.05, 4.69) is 31.4 Å². The summed E-state index contributed by atoms with van der Waals surface area (Å²) in [6, 6.07) is 0.657. The van der Waals surface area contributed by atoms with E-state index in [1.807, 2.05) is 13.8 Å². The molecule has 1 atom stereocenters. The molecule has 0 amide bonds. The van der Waals surface area contributed by atoms with Gasteiger partial charge in [0.05, 0.1) is 0 Å². The minimum atomic E-state index is 0.322. The van der Waals surface area contributed by atoms with E-state index in [1.165, 1.54) is 6.42 Å². The quantitative estimate of drug-likeness (QED) is 0.582. The highest BCUT2D eigenvalue weighted by molar-refractivity contribution is 4.85. The van der Waals surface area contributed by atoms with Crippen LogP contribution in [0.15, 0.2) is 0 Å². The van der Waals surface area contributed by atoms with Crippen molar-refractivity contribution in [3.8, 4) is 0 Å². The molecule has 0 aromatic carbocycles. The molecule has 12 heavy (non-hydrogen) atoms. The molecule has 0 saturated carbocycles. The molecule has 0 aromatic rings. The van der Waals surface area contributed by atoms with Crippen molar-refractivity contribution < 1.29 is 0 Å². The number of rotatable bonds is 0. The average Bonchev–Trinajstić information content (AvgIpc) is 2.14. The predicted molar refractivity (Wildman–Crippen MR) is 55.5 cm³/mol. The van der Waals surface area contributed by atoms with Crippen LogP contribution >= 0.6 is 0 Å². The highest BCUT2D eigenvalue weighted by atomic mass is 15.0. The standard InChI is InChI=1S/C8H18N2.C2H6/c1-7-6-8(2,3)10-5-4-9-7;1-2/h7,9-10H,4-6H2,1-3H3;1-2H3. The molecule has 74 valence electrons. The topological polar surface area (TPSA) is 24.1 Å². The van der Waals surface area contributed by atoms with Crippen LogP contribution in [0.2, 0.25) is 0 Å². The van der Waals surface area contributed by atoms with E-state index in [9.17, 15) is 0 Å². The van der Waals surface area contributed by atoms with Gasteiger partial charge in [-0.05, 0) is 27.2 Å². The summed E-state index contributed by atoms with van der Waals surface area (Å²) < 4.78 is 0. The Morgan fingerprint density at radius 3 is 2.33 bits per heavy atom. The largest absolute Gasteiger partial charge is 0.313 e. The lowest BCUT2D eigenvalue weighted by Gasteiger charge is -2.25. The molecule has 0 bridgehead atoms. The van der Waals surface area contributed by atoms with Crippen molar-refractivity contribution in [1.29, 1.82) is 0 Å². The molecule has 2 nitrogen and oxygen atoms in total. The lowest BCUT2D eigenvalue weighted by Crippen LogP contribution is -2.40. The van der Waals surface area contributed by atoms with E-state index in [0.29, 0.717) is 11.6 Å². The first-order chi connectivity index (χ1) is 5.60. The lowest BCUT2D eigenvalue weighted by molar-refractivity contribution is 0.364. The van der Waals surface area contributed by atoms with Crippen molar-refractivity contribution in [2.24, 2.45) is 0 Å². The normalized spacial score (nSPS) is 28.2. The van der Waals surface area contributed by atoms with E-state index in [4.69, 9.17) is 0 Å². The molecule has 1 rings (SSSR count). The van der Waals surface area contributed by atoms with Gasteiger partial charge in [-0.3, -0.25) is 0 Å². The van der Waals surface area contributed by atoms with Crippen molar-refractivity contribution >= 4 is 0 Å². The third kappa shape index (κ3) is 4.73. The highest BCUT2D eigenvalue weighted by Crippen LogP contribution is 2.12. The molecule has 0 radical (unpaired) electrons. The number of hydrogen-bond acceptors (Lipinski definition) is 2. The zero-order chi connectivity index (χ0) is 9.61. The Morgan fingerprint density at radius 2 is 1.75 bits per heavy atom. The summed E-state index contributed by atoms with van der Waals surface area (Å²) in [6.45, 7) is 13.0. The summed E-state index contributed by atoms with van der Waals surface area (Å²) in [4.78, 5) is 0. The Hall–Kier alpha value is -0.0800. The van der Waals surface area contributed by atoms with Crippen LogP contribution in [-0.2, 0) is 0 Å². The molecule has 1 unspecified atom stereocenters. The molecular formula is C10H24N2. The van der Waals surface area contributed by atoms with Crippen LogP contribution in [0, 0.1) is 0 Å². The molecular weight excluding hydrogens is 148 g/mol. The molecule has 1 aliphatic heterocycles. The van der Waals surface area contributed by atoms with E-state index in [0.717, 1.165) is 13.1 Å². The maximum absolute atomic E-state index is 3.49. The van der Waals surface area contributed by atoms with Crippen LogP contribution in [0.4, 0.5) is 0 Å². The Labute approximate surface area is 77.1 Å². The summed E-state index contributed by atoms with van der Waals surface area (Å²) in [6.07, 6.45) is 1.22. The van der Waals surface area contributed by atoms with E-state index < -0.39 is 0 Å². The second-order valence-electron chi connectivity index (χ2n) is 3.87. The van der Waals surface area contributed by atoms with Gasteiger partial charge in [0.1, 0.15) is 0 Å². The summed E-state index contributed by atoms with van der Waals surface area (Å²) in [5, 5.41) is 6.93. The first-order valence-corrected chi connectivity index (χ1v) is 5.08. The Bertz CT molecular complexity index is 110. The van der Waals surface area contributed by atoms with Crippen molar-refractivity contribution in [3.05, 3.63) is 0 Å². The van der Waals surface area contributed by atoms with Crippen LogP contribution in [0.5, 0.6) is 0 Å².